The smallest absolute Gasteiger partial charge is 0.228 e. The Morgan fingerprint density at radius 1 is 1.06 bits per heavy atom. The van der Waals surface area contributed by atoms with Crippen LogP contribution in [0.2, 0.25) is 0 Å². The van der Waals surface area contributed by atoms with Gasteiger partial charge in [-0.1, -0.05) is 18.2 Å². The zero-order valence-electron chi connectivity index (χ0n) is 8.56. The van der Waals surface area contributed by atoms with Gasteiger partial charge in [0.2, 0.25) is 6.29 Å². The minimum absolute atomic E-state index is 0.0598. The monoisotopic (exact) mass is 226 g/mol. The summed E-state index contributed by atoms with van der Waals surface area (Å²) < 4.78 is 10.4. The van der Waals surface area contributed by atoms with E-state index in [0.717, 1.165) is 0 Å². The van der Waals surface area contributed by atoms with E-state index in [0.29, 0.717) is 5.75 Å². The molecule has 16 heavy (non-hydrogen) atoms. The lowest BCUT2D eigenvalue weighted by molar-refractivity contribution is -0.242. The Balaban J connectivity index is 2.00. The van der Waals surface area contributed by atoms with Crippen LogP contribution >= 0.6 is 0 Å². The van der Waals surface area contributed by atoms with Crippen LogP contribution in [0.3, 0.4) is 0 Å². The van der Waals surface area contributed by atoms with Crippen molar-refractivity contribution in [1.82, 2.24) is 0 Å². The molecule has 5 nitrogen and oxygen atoms in total. The maximum atomic E-state index is 9.61. The zero-order valence-corrected chi connectivity index (χ0v) is 8.56. The quantitative estimate of drug-likeness (QED) is 0.634. The molecular formula is C11H14O5. The van der Waals surface area contributed by atoms with Crippen molar-refractivity contribution < 1.29 is 24.8 Å². The van der Waals surface area contributed by atoms with Crippen LogP contribution in [0.15, 0.2) is 30.3 Å². The molecule has 88 valence electrons. The van der Waals surface area contributed by atoms with Gasteiger partial charge >= 0.3 is 0 Å². The number of para-hydroxylation sites is 1. The third-order valence-corrected chi connectivity index (χ3v) is 2.45. The van der Waals surface area contributed by atoms with E-state index in [1.807, 2.05) is 6.07 Å². The Kier molecular flexibility index (Phi) is 3.40. The molecule has 0 bridgehead atoms. The minimum atomic E-state index is -1.26. The summed E-state index contributed by atoms with van der Waals surface area (Å²) in [7, 11) is 0. The summed E-state index contributed by atoms with van der Waals surface area (Å²) in [6.45, 7) is -0.0598. The van der Waals surface area contributed by atoms with Gasteiger partial charge < -0.3 is 24.8 Å². The topological polar surface area (TPSA) is 79.2 Å². The maximum absolute atomic E-state index is 9.61. The molecule has 1 aromatic rings. The normalized spacial score (nSPS) is 34.7. The fraction of sp³-hybridized carbons (Fsp3) is 0.455. The highest BCUT2D eigenvalue weighted by Crippen LogP contribution is 2.19. The highest BCUT2D eigenvalue weighted by molar-refractivity contribution is 5.21. The Hall–Kier alpha value is -1.14. The second-order valence-corrected chi connectivity index (χ2v) is 3.68. The first kappa shape index (κ1) is 11.3. The highest BCUT2D eigenvalue weighted by Gasteiger charge is 2.38. The van der Waals surface area contributed by atoms with Crippen LogP contribution in [0.25, 0.3) is 0 Å². The largest absolute Gasteiger partial charge is 0.462 e. The van der Waals surface area contributed by atoms with Gasteiger partial charge in [0, 0.05) is 0 Å². The molecule has 1 aliphatic heterocycles. The van der Waals surface area contributed by atoms with Crippen LogP contribution in [0.5, 0.6) is 5.75 Å². The predicted molar refractivity (Wildman–Crippen MR) is 54.8 cm³/mol. The van der Waals surface area contributed by atoms with E-state index in [2.05, 4.69) is 0 Å². The van der Waals surface area contributed by atoms with Crippen LogP contribution in [0, 0.1) is 0 Å². The molecule has 0 aliphatic carbocycles. The fourth-order valence-electron chi connectivity index (χ4n) is 1.52. The molecule has 3 N–H and O–H groups in total. The SMILES string of the molecule is O[C@@H]1[C@@H](Oc2ccccc2)OC[C@@H](O)[C@H]1O. The van der Waals surface area contributed by atoms with Crippen molar-refractivity contribution in [2.24, 2.45) is 0 Å². The Labute approximate surface area is 92.9 Å². The van der Waals surface area contributed by atoms with Crippen LogP contribution in [-0.2, 0) is 4.74 Å². The summed E-state index contributed by atoms with van der Waals surface area (Å²) >= 11 is 0. The van der Waals surface area contributed by atoms with Crippen molar-refractivity contribution in [2.75, 3.05) is 6.61 Å². The number of hydrogen-bond acceptors (Lipinski definition) is 5. The van der Waals surface area contributed by atoms with Crippen molar-refractivity contribution in [1.29, 1.82) is 0 Å². The fourth-order valence-corrected chi connectivity index (χ4v) is 1.52. The first-order valence-electron chi connectivity index (χ1n) is 5.06. The number of aliphatic hydroxyl groups is 3. The highest BCUT2D eigenvalue weighted by atomic mass is 16.7. The van der Waals surface area contributed by atoms with Gasteiger partial charge in [-0.15, -0.1) is 0 Å². The van der Waals surface area contributed by atoms with E-state index >= 15 is 0 Å². The van der Waals surface area contributed by atoms with Crippen molar-refractivity contribution >= 4 is 0 Å². The molecule has 0 radical (unpaired) electrons. The summed E-state index contributed by atoms with van der Waals surface area (Å²) in [5.41, 5.74) is 0. The first-order chi connectivity index (χ1) is 7.68. The van der Waals surface area contributed by atoms with Gasteiger partial charge in [-0.25, -0.2) is 0 Å². The van der Waals surface area contributed by atoms with E-state index < -0.39 is 24.6 Å². The second kappa shape index (κ2) is 4.80. The van der Waals surface area contributed by atoms with Crippen LogP contribution < -0.4 is 4.74 Å². The molecular weight excluding hydrogens is 212 g/mol. The van der Waals surface area contributed by atoms with Gasteiger partial charge in [0.25, 0.3) is 0 Å². The molecule has 2 rings (SSSR count). The van der Waals surface area contributed by atoms with Crippen molar-refractivity contribution in [3.8, 4) is 5.75 Å². The minimum Gasteiger partial charge on any atom is -0.462 e. The number of benzene rings is 1. The van der Waals surface area contributed by atoms with Crippen molar-refractivity contribution in [2.45, 2.75) is 24.6 Å². The number of hydrogen-bond donors (Lipinski definition) is 3. The van der Waals surface area contributed by atoms with Gasteiger partial charge in [-0.3, -0.25) is 0 Å². The molecule has 0 amide bonds. The Morgan fingerprint density at radius 2 is 1.75 bits per heavy atom. The van der Waals surface area contributed by atoms with Gasteiger partial charge in [-0.2, -0.15) is 0 Å². The third kappa shape index (κ3) is 2.33. The van der Waals surface area contributed by atoms with Gasteiger partial charge in [0.05, 0.1) is 6.61 Å². The number of ether oxygens (including phenoxy) is 2. The molecule has 1 fully saturated rings. The van der Waals surface area contributed by atoms with Gasteiger partial charge in [0.1, 0.15) is 24.1 Å². The maximum Gasteiger partial charge on any atom is 0.228 e. The van der Waals surface area contributed by atoms with E-state index in [1.54, 1.807) is 24.3 Å². The number of aliphatic hydroxyl groups excluding tert-OH is 3. The lowest BCUT2D eigenvalue weighted by atomic mass is 10.1. The van der Waals surface area contributed by atoms with Crippen LogP contribution in [0.4, 0.5) is 0 Å². The molecule has 0 unspecified atom stereocenters. The average Bonchev–Trinajstić information content (AvgIpc) is 2.31. The first-order valence-corrected chi connectivity index (χ1v) is 5.06. The van der Waals surface area contributed by atoms with E-state index in [1.165, 1.54) is 0 Å². The van der Waals surface area contributed by atoms with E-state index in [9.17, 15) is 15.3 Å². The molecule has 1 saturated heterocycles. The average molecular weight is 226 g/mol. The predicted octanol–water partition coefficient (Wildman–Crippen LogP) is -0.496. The molecule has 1 heterocycles. The summed E-state index contributed by atoms with van der Waals surface area (Å²) in [6, 6.07) is 8.84. The second-order valence-electron chi connectivity index (χ2n) is 3.68. The lowest BCUT2D eigenvalue weighted by Crippen LogP contribution is -2.54. The third-order valence-electron chi connectivity index (χ3n) is 2.45. The molecule has 0 aromatic heterocycles. The molecule has 4 atom stereocenters. The summed E-state index contributed by atoms with van der Waals surface area (Å²) in [5, 5.41) is 28.3. The zero-order chi connectivity index (χ0) is 11.5. The lowest BCUT2D eigenvalue weighted by Gasteiger charge is -2.34. The summed E-state index contributed by atoms with van der Waals surface area (Å²) in [6.07, 6.45) is -4.54. The van der Waals surface area contributed by atoms with E-state index in [4.69, 9.17) is 9.47 Å². The summed E-state index contributed by atoms with van der Waals surface area (Å²) in [4.78, 5) is 0. The Bertz CT molecular complexity index is 328. The van der Waals surface area contributed by atoms with Crippen molar-refractivity contribution in [3.63, 3.8) is 0 Å². The molecule has 5 heteroatoms. The molecule has 0 spiro atoms. The van der Waals surface area contributed by atoms with Gasteiger partial charge in [-0.05, 0) is 12.1 Å². The molecule has 1 aromatic carbocycles. The molecule has 0 saturated carbocycles. The van der Waals surface area contributed by atoms with Crippen LogP contribution in [0.1, 0.15) is 0 Å². The Morgan fingerprint density at radius 3 is 2.44 bits per heavy atom. The number of rotatable bonds is 2. The summed E-state index contributed by atoms with van der Waals surface area (Å²) in [5.74, 6) is 0.537. The van der Waals surface area contributed by atoms with Gasteiger partial charge in [0.15, 0.2) is 0 Å². The molecule has 1 aliphatic rings. The standard InChI is InChI=1S/C11H14O5/c12-8-6-15-11(10(14)9(8)13)16-7-4-2-1-3-5-7/h1-5,8-14H,6H2/t8-,9-,10+,11-/m1/s1. The van der Waals surface area contributed by atoms with Crippen LogP contribution in [-0.4, -0.2) is 46.5 Å². The van der Waals surface area contributed by atoms with Crippen molar-refractivity contribution in [3.05, 3.63) is 30.3 Å². The van der Waals surface area contributed by atoms with E-state index in [-0.39, 0.29) is 6.61 Å².